The number of fused-ring (bicyclic) bond motifs is 1. The number of amides is 2. The summed E-state index contributed by atoms with van der Waals surface area (Å²) in [6, 6.07) is 15.4. The topological polar surface area (TPSA) is 94.8 Å². The van der Waals surface area contributed by atoms with Gasteiger partial charge in [0.1, 0.15) is 11.6 Å². The Bertz CT molecular complexity index is 1470. The second-order valence-electron chi connectivity index (χ2n) is 10.2. The number of likely N-dealkylation sites (tertiary alicyclic amines) is 1. The molecule has 5 rings (SSSR count). The van der Waals surface area contributed by atoms with Gasteiger partial charge in [-0.05, 0) is 62.0 Å². The zero-order chi connectivity index (χ0) is 29.4. The standard InChI is InChI=1S/C30H37N6O2P.C2H6/c1-4-9-22-12-7-10-20(2)28(22)34-30(38)35-15-8-11-21(19-35)17-31-27-16-24(23-13-5-6-14-25(23)37)33-29-26(39-3)18-32-36(27)29;1-2/h5-7,10,12-14,16,18,21,31,37,39H,4,8-9,11,15,17,19H2,1-3H3,(H,34,38);1-2H3. The van der Waals surface area contributed by atoms with Gasteiger partial charge in [0.25, 0.3) is 0 Å². The number of carbonyl (C=O) groups is 1. The van der Waals surface area contributed by atoms with Gasteiger partial charge < -0.3 is 20.6 Å². The van der Waals surface area contributed by atoms with E-state index in [-0.39, 0.29) is 11.8 Å². The largest absolute Gasteiger partial charge is 0.507 e. The van der Waals surface area contributed by atoms with Crippen molar-refractivity contribution < 1.29 is 9.90 Å². The number of aromatic nitrogens is 3. The molecule has 0 bridgehead atoms. The normalized spacial score (nSPS) is 15.1. The molecule has 3 heterocycles. The summed E-state index contributed by atoms with van der Waals surface area (Å²) in [6.07, 6.45) is 5.86. The minimum Gasteiger partial charge on any atom is -0.507 e. The van der Waals surface area contributed by atoms with Crippen LogP contribution >= 0.6 is 8.58 Å². The Balaban J connectivity index is 0.00000189. The van der Waals surface area contributed by atoms with Crippen LogP contribution in [0.3, 0.4) is 0 Å². The molecule has 1 fully saturated rings. The maximum Gasteiger partial charge on any atom is 0.321 e. The Kier molecular flexibility index (Phi) is 10.6. The lowest BCUT2D eigenvalue weighted by molar-refractivity contribution is 0.180. The Morgan fingerprint density at radius 3 is 2.73 bits per heavy atom. The number of phenolic OH excluding ortho intramolecular Hbond substituents is 1. The van der Waals surface area contributed by atoms with Gasteiger partial charge in [-0.3, -0.25) is 0 Å². The molecule has 0 saturated carbocycles. The van der Waals surface area contributed by atoms with E-state index in [2.05, 4.69) is 54.4 Å². The number of nitrogens with one attached hydrogen (secondary N) is 2. The Morgan fingerprint density at radius 1 is 1.17 bits per heavy atom. The highest BCUT2D eigenvalue weighted by Gasteiger charge is 2.25. The minimum atomic E-state index is -0.0276. The molecule has 1 aliphatic rings. The van der Waals surface area contributed by atoms with Gasteiger partial charge in [-0.2, -0.15) is 9.61 Å². The van der Waals surface area contributed by atoms with Gasteiger partial charge in [-0.15, -0.1) is 0 Å². The average molecular weight is 575 g/mol. The smallest absolute Gasteiger partial charge is 0.321 e. The number of phenols is 1. The number of urea groups is 1. The van der Waals surface area contributed by atoms with Crippen molar-refractivity contribution in [1.82, 2.24) is 19.5 Å². The van der Waals surface area contributed by atoms with Crippen LogP contribution in [-0.2, 0) is 6.42 Å². The fraction of sp³-hybridized carbons (Fsp3) is 0.406. The number of hydrogen-bond acceptors (Lipinski definition) is 5. The van der Waals surface area contributed by atoms with Gasteiger partial charge in [0.05, 0.1) is 11.9 Å². The Hall–Kier alpha value is -3.64. The summed E-state index contributed by atoms with van der Waals surface area (Å²) < 4.78 is 1.84. The van der Waals surface area contributed by atoms with Crippen molar-refractivity contribution in [1.29, 1.82) is 0 Å². The number of anilines is 2. The lowest BCUT2D eigenvalue weighted by Gasteiger charge is -2.33. The molecule has 0 radical (unpaired) electrons. The summed E-state index contributed by atoms with van der Waals surface area (Å²) in [4.78, 5) is 20.1. The van der Waals surface area contributed by atoms with Crippen molar-refractivity contribution in [2.24, 2.45) is 5.92 Å². The molecule has 2 atom stereocenters. The van der Waals surface area contributed by atoms with E-state index < -0.39 is 0 Å². The average Bonchev–Trinajstić information content (AvgIpc) is 3.42. The zero-order valence-corrected chi connectivity index (χ0v) is 25.9. The number of aromatic hydroxyl groups is 1. The number of nitrogens with zero attached hydrogens (tertiary/aromatic N) is 4. The van der Waals surface area contributed by atoms with E-state index in [0.717, 1.165) is 60.2 Å². The lowest BCUT2D eigenvalue weighted by Crippen LogP contribution is -2.44. The van der Waals surface area contributed by atoms with Crippen LogP contribution < -0.4 is 15.9 Å². The molecule has 2 unspecified atom stereocenters. The summed E-state index contributed by atoms with van der Waals surface area (Å²) in [5.74, 6) is 1.33. The molecule has 1 saturated heterocycles. The summed E-state index contributed by atoms with van der Waals surface area (Å²) in [7, 11) is 0.554. The van der Waals surface area contributed by atoms with E-state index in [1.54, 1.807) is 6.07 Å². The number of hydrogen-bond donors (Lipinski definition) is 3. The van der Waals surface area contributed by atoms with E-state index in [4.69, 9.17) is 4.98 Å². The first-order valence-electron chi connectivity index (χ1n) is 14.7. The summed E-state index contributed by atoms with van der Waals surface area (Å²) in [5.41, 5.74) is 5.42. The van der Waals surface area contributed by atoms with Crippen molar-refractivity contribution in [2.45, 2.75) is 53.4 Å². The van der Waals surface area contributed by atoms with Gasteiger partial charge in [0, 0.05) is 42.3 Å². The number of benzene rings is 2. The van der Waals surface area contributed by atoms with E-state index in [0.29, 0.717) is 38.8 Å². The molecule has 2 amide bonds. The van der Waals surface area contributed by atoms with Crippen LogP contribution in [0.5, 0.6) is 5.75 Å². The molecule has 8 nitrogen and oxygen atoms in total. The van der Waals surface area contributed by atoms with E-state index in [1.807, 2.05) is 53.7 Å². The van der Waals surface area contributed by atoms with Crippen molar-refractivity contribution in [2.75, 3.05) is 36.9 Å². The summed E-state index contributed by atoms with van der Waals surface area (Å²) in [6.45, 7) is 12.5. The van der Waals surface area contributed by atoms with Gasteiger partial charge in [0.15, 0.2) is 5.65 Å². The fourth-order valence-electron chi connectivity index (χ4n) is 5.33. The molecule has 9 heteroatoms. The maximum atomic E-state index is 13.3. The summed E-state index contributed by atoms with van der Waals surface area (Å²) >= 11 is 0. The second kappa shape index (κ2) is 14.3. The van der Waals surface area contributed by atoms with Crippen LogP contribution in [-0.4, -0.2) is 56.9 Å². The third kappa shape index (κ3) is 6.99. The highest BCUT2D eigenvalue weighted by molar-refractivity contribution is 7.46. The van der Waals surface area contributed by atoms with Gasteiger partial charge >= 0.3 is 6.03 Å². The molecule has 0 spiro atoms. The third-order valence-corrected chi connectivity index (χ3v) is 8.30. The molecule has 3 N–H and O–H groups in total. The monoisotopic (exact) mass is 574 g/mol. The molecule has 2 aromatic carbocycles. The lowest BCUT2D eigenvalue weighted by atomic mass is 9.98. The molecule has 41 heavy (non-hydrogen) atoms. The van der Waals surface area contributed by atoms with Crippen molar-refractivity contribution in [3.8, 4) is 17.0 Å². The van der Waals surface area contributed by atoms with Crippen LogP contribution in [0.4, 0.5) is 16.3 Å². The maximum absolute atomic E-state index is 13.3. The highest BCUT2D eigenvalue weighted by atomic mass is 31.1. The first kappa shape index (κ1) is 30.3. The predicted molar refractivity (Wildman–Crippen MR) is 172 cm³/mol. The van der Waals surface area contributed by atoms with Gasteiger partial charge in [0.2, 0.25) is 0 Å². The fourth-order valence-corrected chi connectivity index (χ4v) is 5.90. The van der Waals surface area contributed by atoms with Crippen molar-refractivity contribution in [3.05, 3.63) is 65.9 Å². The molecule has 1 aliphatic heterocycles. The third-order valence-electron chi connectivity index (χ3n) is 7.41. The Morgan fingerprint density at radius 2 is 1.98 bits per heavy atom. The van der Waals surface area contributed by atoms with Crippen LogP contribution in [0.15, 0.2) is 54.7 Å². The second-order valence-corrected chi connectivity index (χ2v) is 11.3. The minimum absolute atomic E-state index is 0.0276. The number of piperidine rings is 1. The molecule has 218 valence electrons. The SMILES string of the molecule is CC.CCCc1cccc(C)c1NC(=O)N1CCCC(CNc2cc(-c3ccccc3O)nc3c(PC)cnn23)C1. The Labute approximate surface area is 245 Å². The van der Waals surface area contributed by atoms with E-state index >= 15 is 0 Å². The van der Waals surface area contributed by atoms with Crippen LogP contribution in [0, 0.1) is 12.8 Å². The molecular weight excluding hydrogens is 531 g/mol. The molecule has 2 aromatic heterocycles. The molecular formula is C32H43N6O2P. The van der Waals surface area contributed by atoms with Gasteiger partial charge in [-0.25, -0.2) is 9.78 Å². The summed E-state index contributed by atoms with van der Waals surface area (Å²) in [5, 5.41) is 22.9. The predicted octanol–water partition coefficient (Wildman–Crippen LogP) is 6.68. The van der Waals surface area contributed by atoms with Crippen LogP contribution in [0.1, 0.15) is 51.2 Å². The molecule has 0 aliphatic carbocycles. The zero-order valence-electron chi connectivity index (χ0n) is 24.9. The number of aryl methyl sites for hydroxylation is 2. The first-order chi connectivity index (χ1) is 20.0. The van der Waals surface area contributed by atoms with Crippen molar-refractivity contribution in [3.63, 3.8) is 0 Å². The van der Waals surface area contributed by atoms with E-state index in [9.17, 15) is 9.90 Å². The van der Waals surface area contributed by atoms with Crippen LogP contribution in [0.25, 0.3) is 16.9 Å². The van der Waals surface area contributed by atoms with Gasteiger partial charge in [-0.1, -0.05) is 66.1 Å². The number of rotatable bonds is 8. The molecule has 4 aromatic rings. The number of carbonyl (C=O) groups excluding carboxylic acids is 1. The number of para-hydroxylation sites is 2. The quantitative estimate of drug-likeness (QED) is 0.204. The highest BCUT2D eigenvalue weighted by Crippen LogP contribution is 2.30. The van der Waals surface area contributed by atoms with Crippen LogP contribution in [0.2, 0.25) is 0 Å². The first-order valence-corrected chi connectivity index (χ1v) is 16.2. The van der Waals surface area contributed by atoms with E-state index in [1.165, 1.54) is 5.56 Å². The van der Waals surface area contributed by atoms with Crippen molar-refractivity contribution >= 4 is 37.1 Å².